The lowest BCUT2D eigenvalue weighted by molar-refractivity contribution is -0.688. The molecule has 0 bridgehead atoms. The third-order valence-corrected chi connectivity index (χ3v) is 3.95. The minimum absolute atomic E-state index is 0.127. The first-order chi connectivity index (χ1) is 9.77. The molecule has 1 aromatic rings. The normalized spacial score (nSPS) is 16.6. The van der Waals surface area contributed by atoms with Crippen molar-refractivity contribution in [2.75, 3.05) is 13.1 Å². The number of carbonyl (C=O) groups is 1. The van der Waals surface area contributed by atoms with E-state index in [1.165, 1.54) is 50.7 Å². The summed E-state index contributed by atoms with van der Waals surface area (Å²) in [6, 6.07) is 6.79. The molecule has 0 unspecified atom stereocenters. The molecular weight excluding hydrogens is 255 g/mol. The van der Waals surface area contributed by atoms with Gasteiger partial charge in [0.05, 0.1) is 24.7 Å². The number of nitrogens with two attached hydrogens (primary N) is 1. The highest BCUT2D eigenvalue weighted by Gasteiger charge is 2.15. The highest BCUT2D eigenvalue weighted by atomic mass is 19.1. The summed E-state index contributed by atoms with van der Waals surface area (Å²) in [5.41, 5.74) is 0.127. The van der Waals surface area contributed by atoms with Crippen LogP contribution in [0, 0.1) is 5.82 Å². The van der Waals surface area contributed by atoms with E-state index < -0.39 is 5.82 Å². The molecule has 0 atom stereocenters. The quantitative estimate of drug-likeness (QED) is 0.627. The number of rotatable bonds is 5. The van der Waals surface area contributed by atoms with Crippen molar-refractivity contribution in [1.82, 2.24) is 5.32 Å². The molecule has 1 saturated carbocycles. The summed E-state index contributed by atoms with van der Waals surface area (Å²) in [5.74, 6) is -0.782. The lowest BCUT2D eigenvalue weighted by atomic mass is 10.1. The van der Waals surface area contributed by atoms with Crippen molar-refractivity contribution in [3.05, 3.63) is 35.6 Å². The highest BCUT2D eigenvalue weighted by molar-refractivity contribution is 5.94. The summed E-state index contributed by atoms with van der Waals surface area (Å²) >= 11 is 0. The summed E-state index contributed by atoms with van der Waals surface area (Å²) in [4.78, 5) is 11.8. The Labute approximate surface area is 120 Å². The molecule has 0 heterocycles. The molecule has 1 aromatic carbocycles. The van der Waals surface area contributed by atoms with Crippen LogP contribution < -0.4 is 10.6 Å². The molecule has 0 aromatic heterocycles. The molecule has 1 aliphatic carbocycles. The summed E-state index contributed by atoms with van der Waals surface area (Å²) in [7, 11) is 0. The van der Waals surface area contributed by atoms with Crippen LogP contribution in [0.25, 0.3) is 0 Å². The number of halogens is 1. The molecule has 1 aliphatic rings. The minimum atomic E-state index is -0.460. The van der Waals surface area contributed by atoms with Crippen molar-refractivity contribution in [2.45, 2.75) is 44.6 Å². The Kier molecular flexibility index (Phi) is 5.99. The largest absolute Gasteiger partial charge is 0.346 e. The van der Waals surface area contributed by atoms with Crippen LogP contribution in [0.5, 0.6) is 0 Å². The smallest absolute Gasteiger partial charge is 0.254 e. The van der Waals surface area contributed by atoms with Gasteiger partial charge in [0.1, 0.15) is 5.82 Å². The Hall–Kier alpha value is -1.42. The van der Waals surface area contributed by atoms with E-state index in [0.29, 0.717) is 12.6 Å². The molecular formula is C16H24FN2O+. The number of benzene rings is 1. The molecule has 110 valence electrons. The van der Waals surface area contributed by atoms with Gasteiger partial charge in [-0.15, -0.1) is 0 Å². The second-order valence-electron chi connectivity index (χ2n) is 5.51. The Bertz CT molecular complexity index is 428. The zero-order valence-corrected chi connectivity index (χ0v) is 11.9. The number of carbonyl (C=O) groups excluding carboxylic acids is 1. The van der Waals surface area contributed by atoms with Gasteiger partial charge in [-0.2, -0.15) is 0 Å². The van der Waals surface area contributed by atoms with E-state index in [9.17, 15) is 9.18 Å². The van der Waals surface area contributed by atoms with Gasteiger partial charge in [-0.3, -0.25) is 4.79 Å². The van der Waals surface area contributed by atoms with Crippen LogP contribution in [0.2, 0.25) is 0 Å². The van der Waals surface area contributed by atoms with Gasteiger partial charge in [0, 0.05) is 0 Å². The summed E-state index contributed by atoms with van der Waals surface area (Å²) in [5, 5.41) is 5.11. The standard InChI is InChI=1S/C16H23FN2O/c17-15-10-6-5-9-14(15)16(20)19-12-11-18-13-7-3-1-2-4-8-13/h5-6,9-10,13,18H,1-4,7-8,11-12H2,(H,19,20)/p+1. The molecule has 20 heavy (non-hydrogen) atoms. The van der Waals surface area contributed by atoms with Crippen LogP contribution in [0.4, 0.5) is 4.39 Å². The third kappa shape index (κ3) is 4.60. The second kappa shape index (κ2) is 8.00. The van der Waals surface area contributed by atoms with Crippen LogP contribution >= 0.6 is 0 Å². The zero-order valence-electron chi connectivity index (χ0n) is 11.9. The Balaban J connectivity index is 1.68. The van der Waals surface area contributed by atoms with E-state index in [1.54, 1.807) is 12.1 Å². The summed E-state index contributed by atoms with van der Waals surface area (Å²) in [6.45, 7) is 1.45. The lowest BCUT2D eigenvalue weighted by Crippen LogP contribution is -2.91. The molecule has 0 radical (unpaired) electrons. The monoisotopic (exact) mass is 279 g/mol. The van der Waals surface area contributed by atoms with E-state index >= 15 is 0 Å². The number of hydrogen-bond donors (Lipinski definition) is 2. The fraction of sp³-hybridized carbons (Fsp3) is 0.562. The SMILES string of the molecule is O=C(NCC[NH2+]C1CCCCCC1)c1ccccc1F. The van der Waals surface area contributed by atoms with Crippen molar-refractivity contribution in [2.24, 2.45) is 0 Å². The number of quaternary nitrogens is 1. The predicted molar refractivity (Wildman–Crippen MR) is 77.0 cm³/mol. The van der Waals surface area contributed by atoms with Crippen LogP contribution in [0.15, 0.2) is 24.3 Å². The third-order valence-electron chi connectivity index (χ3n) is 3.95. The molecule has 0 spiro atoms. The molecule has 4 heteroatoms. The molecule has 3 N–H and O–H groups in total. The predicted octanol–water partition coefficient (Wildman–Crippen LogP) is 1.84. The molecule has 1 amide bonds. The number of hydrogen-bond acceptors (Lipinski definition) is 1. The maximum atomic E-state index is 13.4. The van der Waals surface area contributed by atoms with Crippen LogP contribution in [0.3, 0.4) is 0 Å². The molecule has 2 rings (SSSR count). The van der Waals surface area contributed by atoms with E-state index in [0.717, 1.165) is 6.54 Å². The van der Waals surface area contributed by atoms with E-state index in [4.69, 9.17) is 0 Å². The Morgan fingerprint density at radius 2 is 1.90 bits per heavy atom. The van der Waals surface area contributed by atoms with Crippen LogP contribution in [-0.2, 0) is 0 Å². The van der Waals surface area contributed by atoms with Gasteiger partial charge in [0.2, 0.25) is 0 Å². The van der Waals surface area contributed by atoms with Gasteiger partial charge >= 0.3 is 0 Å². The first kappa shape index (κ1) is 15.0. The maximum Gasteiger partial charge on any atom is 0.254 e. The van der Waals surface area contributed by atoms with E-state index in [1.807, 2.05) is 0 Å². The van der Waals surface area contributed by atoms with E-state index in [2.05, 4.69) is 10.6 Å². The van der Waals surface area contributed by atoms with Crippen LogP contribution in [-0.4, -0.2) is 25.0 Å². The summed E-state index contributed by atoms with van der Waals surface area (Å²) in [6.07, 6.45) is 7.91. The Morgan fingerprint density at radius 1 is 1.20 bits per heavy atom. The van der Waals surface area contributed by atoms with Crippen molar-refractivity contribution in [3.63, 3.8) is 0 Å². The highest BCUT2D eigenvalue weighted by Crippen LogP contribution is 2.14. The molecule has 3 nitrogen and oxygen atoms in total. The van der Waals surface area contributed by atoms with Crippen molar-refractivity contribution < 1.29 is 14.5 Å². The average molecular weight is 279 g/mol. The Morgan fingerprint density at radius 3 is 2.60 bits per heavy atom. The fourth-order valence-corrected chi connectivity index (χ4v) is 2.79. The first-order valence-electron chi connectivity index (χ1n) is 7.63. The van der Waals surface area contributed by atoms with Gasteiger partial charge in [0.15, 0.2) is 0 Å². The van der Waals surface area contributed by atoms with Gasteiger partial charge in [-0.25, -0.2) is 4.39 Å². The zero-order chi connectivity index (χ0) is 14.2. The van der Waals surface area contributed by atoms with Gasteiger partial charge in [-0.1, -0.05) is 25.0 Å². The molecule has 1 fully saturated rings. The number of amides is 1. The van der Waals surface area contributed by atoms with Gasteiger partial charge in [0.25, 0.3) is 5.91 Å². The number of nitrogens with one attached hydrogen (secondary N) is 1. The minimum Gasteiger partial charge on any atom is -0.346 e. The topological polar surface area (TPSA) is 45.7 Å². The molecule has 0 aliphatic heterocycles. The van der Waals surface area contributed by atoms with Crippen molar-refractivity contribution >= 4 is 5.91 Å². The average Bonchev–Trinajstić information content (AvgIpc) is 2.72. The van der Waals surface area contributed by atoms with Crippen LogP contribution in [0.1, 0.15) is 48.9 Å². The lowest BCUT2D eigenvalue weighted by Gasteiger charge is -2.13. The van der Waals surface area contributed by atoms with Gasteiger partial charge in [-0.05, 0) is 37.8 Å². The first-order valence-corrected chi connectivity index (χ1v) is 7.63. The molecule has 0 saturated heterocycles. The van der Waals surface area contributed by atoms with Crippen molar-refractivity contribution in [3.8, 4) is 0 Å². The van der Waals surface area contributed by atoms with Gasteiger partial charge < -0.3 is 10.6 Å². The van der Waals surface area contributed by atoms with E-state index in [-0.39, 0.29) is 11.5 Å². The summed E-state index contributed by atoms with van der Waals surface area (Å²) < 4.78 is 13.4. The van der Waals surface area contributed by atoms with Crippen molar-refractivity contribution in [1.29, 1.82) is 0 Å². The second-order valence-corrected chi connectivity index (χ2v) is 5.51. The maximum absolute atomic E-state index is 13.4. The fourth-order valence-electron chi connectivity index (χ4n) is 2.79.